The molecule has 1 heterocycles. The zero-order valence-corrected chi connectivity index (χ0v) is 8.86. The number of carbonyl (C=O) groups excluding carboxylic acids is 2. The van der Waals surface area contributed by atoms with Crippen LogP contribution in [0, 0.1) is 5.92 Å². The predicted molar refractivity (Wildman–Crippen MR) is 56.5 cm³/mol. The summed E-state index contributed by atoms with van der Waals surface area (Å²) in [6.45, 7) is 3.95. The van der Waals surface area contributed by atoms with Gasteiger partial charge in [0.15, 0.2) is 5.78 Å². The molecule has 15 heavy (non-hydrogen) atoms. The molecule has 0 bridgehead atoms. The quantitative estimate of drug-likeness (QED) is 0.757. The lowest BCUT2D eigenvalue weighted by molar-refractivity contribution is 0.0962. The summed E-state index contributed by atoms with van der Waals surface area (Å²) in [5.41, 5.74) is 5.73. The van der Waals surface area contributed by atoms with Gasteiger partial charge in [-0.25, -0.2) is 0 Å². The Hall–Kier alpha value is -1.71. The Kier molecular flexibility index (Phi) is 3.55. The monoisotopic (exact) mass is 206 g/mol. The minimum atomic E-state index is -0.585. The van der Waals surface area contributed by atoms with Gasteiger partial charge in [-0.1, -0.05) is 13.8 Å². The highest BCUT2D eigenvalue weighted by Gasteiger charge is 2.09. The molecule has 0 radical (unpaired) electrons. The molecule has 0 unspecified atom stereocenters. The van der Waals surface area contributed by atoms with Crippen LogP contribution in [0.2, 0.25) is 0 Å². The van der Waals surface area contributed by atoms with Crippen molar-refractivity contribution in [2.24, 2.45) is 11.7 Å². The number of amides is 1. The van der Waals surface area contributed by atoms with Crippen molar-refractivity contribution < 1.29 is 9.59 Å². The predicted octanol–water partition coefficient (Wildman–Crippen LogP) is 1.41. The summed E-state index contributed by atoms with van der Waals surface area (Å²) in [5, 5.41) is 0. The van der Waals surface area contributed by atoms with Crippen LogP contribution in [0.5, 0.6) is 0 Å². The normalized spacial score (nSPS) is 10.3. The number of aromatic nitrogens is 1. The SMILES string of the molecule is CC(C)CC(=O)c1ccc(C(N)=O)nc1. The van der Waals surface area contributed by atoms with Crippen LogP contribution in [0.1, 0.15) is 41.1 Å². The van der Waals surface area contributed by atoms with Crippen LogP contribution in [0.3, 0.4) is 0 Å². The molecule has 1 aromatic heterocycles. The first-order valence-electron chi connectivity index (χ1n) is 4.79. The second-order valence-electron chi connectivity index (χ2n) is 3.82. The fourth-order valence-corrected chi connectivity index (χ4v) is 1.19. The van der Waals surface area contributed by atoms with Crippen LogP contribution in [0.15, 0.2) is 18.3 Å². The lowest BCUT2D eigenvalue weighted by Crippen LogP contribution is -2.13. The van der Waals surface area contributed by atoms with Gasteiger partial charge in [-0.05, 0) is 18.1 Å². The maximum Gasteiger partial charge on any atom is 0.267 e. The molecule has 0 saturated carbocycles. The first kappa shape index (κ1) is 11.4. The highest BCUT2D eigenvalue weighted by Crippen LogP contribution is 2.08. The van der Waals surface area contributed by atoms with E-state index >= 15 is 0 Å². The zero-order chi connectivity index (χ0) is 11.4. The molecule has 0 spiro atoms. The van der Waals surface area contributed by atoms with Crippen LogP contribution >= 0.6 is 0 Å². The number of rotatable bonds is 4. The van der Waals surface area contributed by atoms with Gasteiger partial charge in [0, 0.05) is 18.2 Å². The lowest BCUT2D eigenvalue weighted by atomic mass is 10.0. The van der Waals surface area contributed by atoms with Crippen molar-refractivity contribution in [3.63, 3.8) is 0 Å². The highest BCUT2D eigenvalue weighted by atomic mass is 16.1. The Morgan fingerprint density at radius 2 is 2.07 bits per heavy atom. The summed E-state index contributed by atoms with van der Waals surface area (Å²) < 4.78 is 0. The first-order valence-corrected chi connectivity index (χ1v) is 4.79. The molecule has 4 nitrogen and oxygen atoms in total. The Morgan fingerprint density at radius 3 is 2.47 bits per heavy atom. The van der Waals surface area contributed by atoms with Gasteiger partial charge in [-0.15, -0.1) is 0 Å². The lowest BCUT2D eigenvalue weighted by Gasteiger charge is -2.03. The molecular formula is C11H14N2O2. The smallest absolute Gasteiger partial charge is 0.267 e. The Balaban J connectivity index is 2.80. The minimum Gasteiger partial charge on any atom is -0.364 e. The summed E-state index contributed by atoms with van der Waals surface area (Å²) in [6.07, 6.45) is 1.88. The zero-order valence-electron chi connectivity index (χ0n) is 8.86. The fraction of sp³-hybridized carbons (Fsp3) is 0.364. The average Bonchev–Trinajstić information content (AvgIpc) is 2.17. The molecule has 1 rings (SSSR count). The van der Waals surface area contributed by atoms with Gasteiger partial charge in [0.25, 0.3) is 5.91 Å². The molecule has 1 amide bonds. The molecule has 1 aromatic rings. The molecule has 0 aliphatic carbocycles. The van der Waals surface area contributed by atoms with Gasteiger partial charge in [-0.3, -0.25) is 14.6 Å². The van der Waals surface area contributed by atoms with E-state index in [0.717, 1.165) is 0 Å². The van der Waals surface area contributed by atoms with Gasteiger partial charge >= 0.3 is 0 Å². The summed E-state index contributed by atoms with van der Waals surface area (Å²) in [4.78, 5) is 26.1. The molecule has 0 aromatic carbocycles. The van der Waals surface area contributed by atoms with Crippen molar-refractivity contribution in [1.82, 2.24) is 4.98 Å². The van der Waals surface area contributed by atoms with Gasteiger partial charge in [0.05, 0.1) is 0 Å². The molecule has 4 heteroatoms. The van der Waals surface area contributed by atoms with Crippen molar-refractivity contribution >= 4 is 11.7 Å². The minimum absolute atomic E-state index is 0.0357. The van der Waals surface area contributed by atoms with Crippen LogP contribution in [-0.4, -0.2) is 16.7 Å². The van der Waals surface area contributed by atoms with Gasteiger partial charge < -0.3 is 5.73 Å². The number of carbonyl (C=O) groups is 2. The largest absolute Gasteiger partial charge is 0.364 e. The van der Waals surface area contributed by atoms with E-state index in [1.807, 2.05) is 13.8 Å². The van der Waals surface area contributed by atoms with E-state index in [0.29, 0.717) is 17.9 Å². The first-order chi connectivity index (χ1) is 7.00. The molecule has 80 valence electrons. The molecule has 0 fully saturated rings. The third-order valence-electron chi connectivity index (χ3n) is 1.93. The van der Waals surface area contributed by atoms with E-state index in [-0.39, 0.29) is 11.5 Å². The standard InChI is InChI=1S/C11H14N2O2/c1-7(2)5-10(14)8-3-4-9(11(12)15)13-6-8/h3-4,6-7H,5H2,1-2H3,(H2,12,15). The van der Waals surface area contributed by atoms with Gasteiger partial charge in [-0.2, -0.15) is 0 Å². The van der Waals surface area contributed by atoms with Crippen molar-refractivity contribution in [2.45, 2.75) is 20.3 Å². The summed E-state index contributed by atoms with van der Waals surface area (Å²) in [6, 6.07) is 3.05. The van der Waals surface area contributed by atoms with E-state index in [2.05, 4.69) is 4.98 Å². The number of primary amides is 1. The molecular weight excluding hydrogens is 192 g/mol. The average molecular weight is 206 g/mol. The van der Waals surface area contributed by atoms with Crippen LogP contribution in [-0.2, 0) is 0 Å². The van der Waals surface area contributed by atoms with Gasteiger partial charge in [0.1, 0.15) is 5.69 Å². The van der Waals surface area contributed by atoms with Crippen molar-refractivity contribution in [1.29, 1.82) is 0 Å². The Labute approximate surface area is 88.5 Å². The maximum atomic E-state index is 11.6. The fourth-order valence-electron chi connectivity index (χ4n) is 1.19. The summed E-state index contributed by atoms with van der Waals surface area (Å²) in [7, 11) is 0. The third-order valence-corrected chi connectivity index (χ3v) is 1.93. The van der Waals surface area contributed by atoms with Crippen LogP contribution in [0.4, 0.5) is 0 Å². The number of ketones is 1. The van der Waals surface area contributed by atoms with Crippen LogP contribution < -0.4 is 5.73 Å². The van der Waals surface area contributed by atoms with Crippen LogP contribution in [0.25, 0.3) is 0 Å². The van der Waals surface area contributed by atoms with E-state index in [4.69, 9.17) is 5.73 Å². The van der Waals surface area contributed by atoms with Crippen molar-refractivity contribution in [3.05, 3.63) is 29.6 Å². The van der Waals surface area contributed by atoms with Crippen molar-refractivity contribution in [3.8, 4) is 0 Å². The highest BCUT2D eigenvalue weighted by molar-refractivity contribution is 5.97. The topological polar surface area (TPSA) is 73.1 Å². The number of pyridine rings is 1. The summed E-state index contributed by atoms with van der Waals surface area (Å²) in [5.74, 6) is -0.236. The summed E-state index contributed by atoms with van der Waals surface area (Å²) >= 11 is 0. The molecule has 0 aliphatic heterocycles. The second kappa shape index (κ2) is 4.68. The number of nitrogens with two attached hydrogens (primary N) is 1. The molecule has 0 atom stereocenters. The van der Waals surface area contributed by atoms with E-state index in [9.17, 15) is 9.59 Å². The molecule has 0 aliphatic rings. The number of Topliss-reactive ketones (excluding diaryl/α,β-unsaturated/α-hetero) is 1. The maximum absolute atomic E-state index is 11.6. The van der Waals surface area contributed by atoms with E-state index in [1.54, 1.807) is 6.07 Å². The Morgan fingerprint density at radius 1 is 1.40 bits per heavy atom. The number of hydrogen-bond acceptors (Lipinski definition) is 3. The molecule has 0 saturated heterocycles. The number of hydrogen-bond donors (Lipinski definition) is 1. The van der Waals surface area contributed by atoms with Crippen molar-refractivity contribution in [2.75, 3.05) is 0 Å². The van der Waals surface area contributed by atoms with E-state index < -0.39 is 5.91 Å². The number of nitrogens with zero attached hydrogens (tertiary/aromatic N) is 1. The molecule has 2 N–H and O–H groups in total. The van der Waals surface area contributed by atoms with E-state index in [1.165, 1.54) is 12.3 Å². The van der Waals surface area contributed by atoms with Gasteiger partial charge in [0.2, 0.25) is 0 Å². The second-order valence-corrected chi connectivity index (χ2v) is 3.82. The third kappa shape index (κ3) is 3.16. The Bertz CT molecular complexity index is 369.